The highest BCUT2D eigenvalue weighted by Crippen LogP contribution is 2.25. The van der Waals surface area contributed by atoms with Gasteiger partial charge in [-0.25, -0.2) is 4.79 Å². The molecule has 1 rings (SSSR count). The molecule has 1 amide bonds. The Kier molecular flexibility index (Phi) is 3.26. The third-order valence-electron chi connectivity index (χ3n) is 1.72. The van der Waals surface area contributed by atoms with E-state index in [-0.39, 0.29) is 0 Å². The van der Waals surface area contributed by atoms with E-state index in [1.54, 1.807) is 0 Å². The lowest BCUT2D eigenvalue weighted by molar-refractivity contribution is -0.274. The quantitative estimate of drug-likeness (QED) is 0.846. The molecule has 0 heterocycles. The molecule has 1 aromatic rings. The smallest absolute Gasteiger partial charge is 0.478 e. The summed E-state index contributed by atoms with van der Waals surface area (Å²) in [7, 11) is 0. The number of carboxylic acids is 1. The second-order valence-electron chi connectivity index (χ2n) is 2.92. The van der Waals surface area contributed by atoms with Crippen LogP contribution in [-0.2, 0) is 0 Å². The van der Waals surface area contributed by atoms with Crippen LogP contribution in [0, 0.1) is 0 Å². The third-order valence-corrected chi connectivity index (χ3v) is 1.72. The second kappa shape index (κ2) is 4.32. The Morgan fingerprint density at radius 1 is 1.24 bits per heavy atom. The van der Waals surface area contributed by atoms with E-state index in [1.165, 1.54) is 0 Å². The van der Waals surface area contributed by atoms with Crippen LogP contribution in [-0.4, -0.2) is 23.3 Å². The molecule has 0 aliphatic rings. The number of carbonyl (C=O) groups excluding carboxylic acids is 1. The minimum absolute atomic E-state index is 0.396. The van der Waals surface area contributed by atoms with Gasteiger partial charge in [-0.3, -0.25) is 4.79 Å². The van der Waals surface area contributed by atoms with Crippen molar-refractivity contribution in [3.63, 3.8) is 0 Å². The monoisotopic (exact) mass is 249 g/mol. The van der Waals surface area contributed by atoms with Crippen molar-refractivity contribution in [1.82, 2.24) is 0 Å². The maximum Gasteiger partial charge on any atom is 0.573 e. The van der Waals surface area contributed by atoms with Gasteiger partial charge in [0.15, 0.2) is 0 Å². The number of ether oxygens (including phenoxy) is 1. The minimum Gasteiger partial charge on any atom is -0.478 e. The number of rotatable bonds is 3. The fourth-order valence-electron chi connectivity index (χ4n) is 1.11. The molecular formula is C9H6F3NO4. The Balaban J connectivity index is 3.19. The Bertz CT molecular complexity index is 470. The zero-order chi connectivity index (χ0) is 13.2. The summed E-state index contributed by atoms with van der Waals surface area (Å²) < 4.78 is 39.1. The first-order valence-corrected chi connectivity index (χ1v) is 4.13. The molecule has 0 bridgehead atoms. The van der Waals surface area contributed by atoms with E-state index in [4.69, 9.17) is 10.8 Å². The van der Waals surface area contributed by atoms with E-state index in [0.29, 0.717) is 6.07 Å². The van der Waals surface area contributed by atoms with Crippen molar-refractivity contribution in [2.75, 3.05) is 0 Å². The summed E-state index contributed by atoms with van der Waals surface area (Å²) in [6.07, 6.45) is -4.94. The van der Waals surface area contributed by atoms with Crippen molar-refractivity contribution in [3.05, 3.63) is 29.3 Å². The average molecular weight is 249 g/mol. The number of hydrogen-bond donors (Lipinski definition) is 2. The summed E-state index contributed by atoms with van der Waals surface area (Å²) >= 11 is 0. The SMILES string of the molecule is NC(=O)c1ccc(OC(F)(F)F)cc1C(=O)O. The minimum atomic E-state index is -4.94. The average Bonchev–Trinajstić information content (AvgIpc) is 2.14. The molecule has 0 radical (unpaired) electrons. The summed E-state index contributed by atoms with van der Waals surface area (Å²) in [5, 5.41) is 8.69. The van der Waals surface area contributed by atoms with Crippen LogP contribution in [0.5, 0.6) is 5.75 Å². The number of aromatic carboxylic acids is 1. The molecule has 1 aromatic carbocycles. The molecule has 0 saturated heterocycles. The third kappa shape index (κ3) is 3.37. The molecule has 0 fully saturated rings. The highest BCUT2D eigenvalue weighted by molar-refractivity contribution is 6.04. The van der Waals surface area contributed by atoms with Crippen molar-refractivity contribution in [1.29, 1.82) is 0 Å². The molecule has 3 N–H and O–H groups in total. The van der Waals surface area contributed by atoms with Crippen molar-refractivity contribution < 1.29 is 32.6 Å². The number of halogens is 3. The normalized spacial score (nSPS) is 11.0. The lowest BCUT2D eigenvalue weighted by atomic mass is 10.1. The molecule has 17 heavy (non-hydrogen) atoms. The van der Waals surface area contributed by atoms with Crippen LogP contribution in [0.4, 0.5) is 13.2 Å². The standard InChI is InChI=1S/C9H6F3NO4/c10-9(11,12)17-4-1-2-5(7(13)14)6(3-4)8(15)16/h1-3H,(H2,13,14)(H,15,16). The molecule has 0 unspecified atom stereocenters. The number of carbonyl (C=O) groups is 2. The molecule has 5 nitrogen and oxygen atoms in total. The molecule has 0 saturated carbocycles. The van der Waals surface area contributed by atoms with Crippen molar-refractivity contribution in [3.8, 4) is 5.75 Å². The van der Waals surface area contributed by atoms with E-state index in [2.05, 4.69) is 4.74 Å². The van der Waals surface area contributed by atoms with E-state index in [9.17, 15) is 22.8 Å². The number of alkyl halides is 3. The second-order valence-corrected chi connectivity index (χ2v) is 2.92. The molecule has 0 aromatic heterocycles. The van der Waals surface area contributed by atoms with Gasteiger partial charge in [0.2, 0.25) is 5.91 Å². The summed E-state index contributed by atoms with van der Waals surface area (Å²) in [5.41, 5.74) is 3.81. The number of nitrogens with two attached hydrogens (primary N) is 1. The summed E-state index contributed by atoms with van der Waals surface area (Å²) in [6.45, 7) is 0. The molecule has 8 heteroatoms. The number of benzene rings is 1. The highest BCUT2D eigenvalue weighted by atomic mass is 19.4. The highest BCUT2D eigenvalue weighted by Gasteiger charge is 2.31. The van der Waals surface area contributed by atoms with Gasteiger partial charge in [0.25, 0.3) is 0 Å². The van der Waals surface area contributed by atoms with Crippen LogP contribution in [0.25, 0.3) is 0 Å². The van der Waals surface area contributed by atoms with Gasteiger partial charge in [0, 0.05) is 0 Å². The van der Waals surface area contributed by atoms with Gasteiger partial charge in [-0.1, -0.05) is 0 Å². The first kappa shape index (κ1) is 12.8. The van der Waals surface area contributed by atoms with Crippen molar-refractivity contribution in [2.24, 2.45) is 5.73 Å². The molecular weight excluding hydrogens is 243 g/mol. The zero-order valence-corrected chi connectivity index (χ0v) is 8.12. The fourth-order valence-corrected chi connectivity index (χ4v) is 1.11. The van der Waals surface area contributed by atoms with Gasteiger partial charge in [-0.15, -0.1) is 13.2 Å². The summed E-state index contributed by atoms with van der Waals surface area (Å²) in [6, 6.07) is 2.24. The van der Waals surface area contributed by atoms with E-state index in [0.717, 1.165) is 12.1 Å². The van der Waals surface area contributed by atoms with E-state index >= 15 is 0 Å². The Morgan fingerprint density at radius 3 is 2.24 bits per heavy atom. The number of hydrogen-bond acceptors (Lipinski definition) is 3. The Morgan fingerprint density at radius 2 is 1.82 bits per heavy atom. The predicted molar refractivity (Wildman–Crippen MR) is 48.6 cm³/mol. The predicted octanol–water partition coefficient (Wildman–Crippen LogP) is 1.38. The summed E-state index contributed by atoms with van der Waals surface area (Å²) in [4.78, 5) is 21.5. The largest absolute Gasteiger partial charge is 0.573 e. The lowest BCUT2D eigenvalue weighted by Gasteiger charge is -2.10. The van der Waals surface area contributed by atoms with Gasteiger partial charge in [-0.2, -0.15) is 0 Å². The van der Waals surface area contributed by atoms with E-state index < -0.39 is 35.1 Å². The van der Waals surface area contributed by atoms with Gasteiger partial charge < -0.3 is 15.6 Å². The van der Waals surface area contributed by atoms with Gasteiger partial charge in [-0.05, 0) is 18.2 Å². The first-order chi connectivity index (χ1) is 7.70. The topological polar surface area (TPSA) is 89.6 Å². The number of primary amides is 1. The molecule has 92 valence electrons. The lowest BCUT2D eigenvalue weighted by Crippen LogP contribution is -2.19. The first-order valence-electron chi connectivity index (χ1n) is 4.13. The van der Waals surface area contributed by atoms with Gasteiger partial charge >= 0.3 is 12.3 Å². The molecule has 0 spiro atoms. The molecule has 0 aliphatic carbocycles. The fraction of sp³-hybridized carbons (Fsp3) is 0.111. The van der Waals surface area contributed by atoms with E-state index in [1.807, 2.05) is 0 Å². The van der Waals surface area contributed by atoms with Crippen LogP contribution in [0.2, 0.25) is 0 Å². The van der Waals surface area contributed by atoms with Crippen LogP contribution in [0.1, 0.15) is 20.7 Å². The number of amides is 1. The summed E-state index contributed by atoms with van der Waals surface area (Å²) in [5.74, 6) is -3.37. The van der Waals surface area contributed by atoms with Crippen LogP contribution in [0.3, 0.4) is 0 Å². The van der Waals surface area contributed by atoms with Gasteiger partial charge in [0.1, 0.15) is 5.75 Å². The molecule has 0 aliphatic heterocycles. The van der Waals surface area contributed by atoms with Crippen LogP contribution in [0.15, 0.2) is 18.2 Å². The van der Waals surface area contributed by atoms with Crippen LogP contribution >= 0.6 is 0 Å². The number of carboxylic acid groups (broad SMARTS) is 1. The van der Waals surface area contributed by atoms with Crippen molar-refractivity contribution in [2.45, 2.75) is 6.36 Å². The molecule has 0 atom stereocenters. The van der Waals surface area contributed by atoms with Gasteiger partial charge in [0.05, 0.1) is 11.1 Å². The van der Waals surface area contributed by atoms with Crippen molar-refractivity contribution >= 4 is 11.9 Å². The maximum absolute atomic E-state index is 11.9. The Hall–Kier alpha value is -2.25. The Labute approximate surface area is 92.6 Å². The van der Waals surface area contributed by atoms with Crippen LogP contribution < -0.4 is 10.5 Å². The maximum atomic E-state index is 11.9. The zero-order valence-electron chi connectivity index (χ0n) is 8.12.